The molecule has 1 amide bonds. The Hall–Kier alpha value is -1.07. The molecule has 0 bridgehead atoms. The number of benzene rings is 1. The summed E-state index contributed by atoms with van der Waals surface area (Å²) in [5.74, 6) is -0.111. The van der Waals surface area contributed by atoms with Crippen LogP contribution in [-0.2, 0) is 4.74 Å². The van der Waals surface area contributed by atoms with E-state index in [0.29, 0.717) is 17.4 Å². The summed E-state index contributed by atoms with van der Waals surface area (Å²) in [5, 5.41) is 2.97. The van der Waals surface area contributed by atoms with Gasteiger partial charge in [0.05, 0.1) is 11.7 Å². The van der Waals surface area contributed by atoms with Gasteiger partial charge < -0.3 is 15.8 Å². The molecule has 1 fully saturated rings. The Morgan fingerprint density at radius 3 is 2.89 bits per heavy atom. The first-order valence-electron chi connectivity index (χ1n) is 6.07. The summed E-state index contributed by atoms with van der Waals surface area (Å²) in [6.07, 6.45) is 2.06. The van der Waals surface area contributed by atoms with Gasteiger partial charge in [-0.05, 0) is 38.0 Å². The summed E-state index contributed by atoms with van der Waals surface area (Å²) in [4.78, 5) is 12.0. The molecule has 3 N–H and O–H groups in total. The van der Waals surface area contributed by atoms with Crippen molar-refractivity contribution in [2.75, 3.05) is 12.3 Å². The Labute approximate surface area is 115 Å². The molecule has 1 aromatic rings. The van der Waals surface area contributed by atoms with Gasteiger partial charge in [0, 0.05) is 22.8 Å². The normalized spacial score (nSPS) is 22.3. The van der Waals surface area contributed by atoms with Crippen LogP contribution in [0.3, 0.4) is 0 Å². The van der Waals surface area contributed by atoms with Gasteiger partial charge in [0.25, 0.3) is 5.91 Å². The minimum atomic E-state index is -0.111. The maximum atomic E-state index is 12.0. The van der Waals surface area contributed by atoms with E-state index in [0.717, 1.165) is 23.9 Å². The predicted molar refractivity (Wildman–Crippen MR) is 74.5 cm³/mol. The molecule has 1 aliphatic rings. The van der Waals surface area contributed by atoms with Crippen LogP contribution >= 0.6 is 15.9 Å². The van der Waals surface area contributed by atoms with E-state index in [1.165, 1.54) is 0 Å². The van der Waals surface area contributed by atoms with Gasteiger partial charge in [0.2, 0.25) is 0 Å². The number of nitrogens with one attached hydrogen (secondary N) is 1. The number of nitrogen functional groups attached to an aromatic ring is 1. The van der Waals surface area contributed by atoms with Gasteiger partial charge in [-0.1, -0.05) is 15.9 Å². The Morgan fingerprint density at radius 2 is 2.28 bits per heavy atom. The summed E-state index contributed by atoms with van der Waals surface area (Å²) < 4.78 is 6.32. The van der Waals surface area contributed by atoms with Gasteiger partial charge in [-0.2, -0.15) is 0 Å². The number of carbonyl (C=O) groups is 1. The van der Waals surface area contributed by atoms with Crippen LogP contribution in [0.4, 0.5) is 5.69 Å². The zero-order valence-corrected chi connectivity index (χ0v) is 11.9. The maximum Gasteiger partial charge on any atom is 0.253 e. The van der Waals surface area contributed by atoms with Crippen molar-refractivity contribution in [3.8, 4) is 0 Å². The lowest BCUT2D eigenvalue weighted by Gasteiger charge is -2.35. The zero-order valence-electron chi connectivity index (χ0n) is 10.3. The highest BCUT2D eigenvalue weighted by Crippen LogP contribution is 2.24. The fourth-order valence-electron chi connectivity index (χ4n) is 2.06. The van der Waals surface area contributed by atoms with Gasteiger partial charge in [-0.3, -0.25) is 4.79 Å². The second-order valence-corrected chi connectivity index (χ2v) is 5.37. The van der Waals surface area contributed by atoms with Crippen LogP contribution in [-0.4, -0.2) is 24.7 Å². The van der Waals surface area contributed by atoms with Crippen molar-refractivity contribution in [3.05, 3.63) is 28.2 Å². The molecule has 1 aliphatic carbocycles. The highest BCUT2D eigenvalue weighted by atomic mass is 79.9. The van der Waals surface area contributed by atoms with Crippen LogP contribution in [0.1, 0.15) is 30.1 Å². The van der Waals surface area contributed by atoms with Gasteiger partial charge in [-0.25, -0.2) is 0 Å². The summed E-state index contributed by atoms with van der Waals surface area (Å²) in [5.41, 5.74) is 6.83. The van der Waals surface area contributed by atoms with Crippen molar-refractivity contribution >= 4 is 27.5 Å². The smallest absolute Gasteiger partial charge is 0.253 e. The largest absolute Gasteiger partial charge is 0.398 e. The van der Waals surface area contributed by atoms with E-state index in [4.69, 9.17) is 10.5 Å². The van der Waals surface area contributed by atoms with Crippen molar-refractivity contribution in [2.45, 2.75) is 31.9 Å². The highest BCUT2D eigenvalue weighted by Gasteiger charge is 2.31. The number of rotatable bonds is 4. The molecule has 1 saturated carbocycles. The average molecular weight is 313 g/mol. The van der Waals surface area contributed by atoms with E-state index < -0.39 is 0 Å². The number of carbonyl (C=O) groups excluding carboxylic acids is 1. The van der Waals surface area contributed by atoms with E-state index in [1.54, 1.807) is 12.1 Å². The first-order valence-corrected chi connectivity index (χ1v) is 6.87. The molecule has 4 nitrogen and oxygen atoms in total. The lowest BCUT2D eigenvalue weighted by atomic mass is 9.89. The van der Waals surface area contributed by atoms with Gasteiger partial charge in [0.15, 0.2) is 0 Å². The third kappa shape index (κ3) is 3.03. The molecule has 18 heavy (non-hydrogen) atoms. The van der Waals surface area contributed by atoms with Crippen LogP contribution in [0.15, 0.2) is 22.7 Å². The van der Waals surface area contributed by atoms with Gasteiger partial charge >= 0.3 is 0 Å². The fraction of sp³-hybridized carbons (Fsp3) is 0.462. The van der Waals surface area contributed by atoms with E-state index in [-0.39, 0.29) is 11.9 Å². The van der Waals surface area contributed by atoms with E-state index in [1.807, 2.05) is 13.0 Å². The lowest BCUT2D eigenvalue weighted by molar-refractivity contribution is -0.00861. The molecule has 98 valence electrons. The topological polar surface area (TPSA) is 64.3 Å². The van der Waals surface area contributed by atoms with E-state index in [2.05, 4.69) is 21.2 Å². The SMILES string of the molecule is CCOC1CC(NC(=O)c2ccc(Br)cc2N)C1. The predicted octanol–water partition coefficient (Wildman–Crippen LogP) is 2.33. The second kappa shape index (κ2) is 5.71. The Bertz CT molecular complexity index is 445. The van der Waals surface area contributed by atoms with E-state index in [9.17, 15) is 4.79 Å². The van der Waals surface area contributed by atoms with Gasteiger partial charge in [0.1, 0.15) is 0 Å². The van der Waals surface area contributed by atoms with Gasteiger partial charge in [-0.15, -0.1) is 0 Å². The summed E-state index contributed by atoms with van der Waals surface area (Å²) >= 11 is 3.32. The average Bonchev–Trinajstić information content (AvgIpc) is 2.26. The summed E-state index contributed by atoms with van der Waals surface area (Å²) in [7, 11) is 0. The van der Waals surface area contributed by atoms with Crippen LogP contribution in [0.5, 0.6) is 0 Å². The third-order valence-corrected chi connectivity index (χ3v) is 3.58. The molecule has 0 saturated heterocycles. The first kappa shape index (κ1) is 13.4. The minimum absolute atomic E-state index is 0.111. The second-order valence-electron chi connectivity index (χ2n) is 4.45. The third-order valence-electron chi connectivity index (χ3n) is 3.09. The molecule has 2 rings (SSSR count). The lowest BCUT2D eigenvalue weighted by Crippen LogP contribution is -2.47. The molecule has 0 aliphatic heterocycles. The number of ether oxygens (including phenoxy) is 1. The molecule has 0 spiro atoms. The molecule has 0 radical (unpaired) electrons. The fourth-order valence-corrected chi connectivity index (χ4v) is 2.44. The van der Waals surface area contributed by atoms with Crippen molar-refractivity contribution < 1.29 is 9.53 Å². The number of nitrogens with two attached hydrogens (primary N) is 1. The Kier molecular flexibility index (Phi) is 4.24. The van der Waals surface area contributed by atoms with Crippen LogP contribution in [0.25, 0.3) is 0 Å². The first-order chi connectivity index (χ1) is 8.60. The number of hydrogen-bond donors (Lipinski definition) is 2. The Balaban J connectivity index is 1.89. The molecular formula is C13H17BrN2O2. The minimum Gasteiger partial charge on any atom is -0.398 e. The molecule has 1 aromatic carbocycles. The van der Waals surface area contributed by atoms with Crippen LogP contribution in [0, 0.1) is 0 Å². The quantitative estimate of drug-likeness (QED) is 0.839. The number of amides is 1. The van der Waals surface area contributed by atoms with E-state index >= 15 is 0 Å². The molecule has 0 heterocycles. The van der Waals surface area contributed by atoms with Crippen molar-refractivity contribution in [3.63, 3.8) is 0 Å². The van der Waals surface area contributed by atoms with Crippen molar-refractivity contribution in [1.82, 2.24) is 5.32 Å². The molecule has 0 unspecified atom stereocenters. The van der Waals surface area contributed by atoms with Crippen molar-refractivity contribution in [1.29, 1.82) is 0 Å². The number of halogens is 1. The van der Waals surface area contributed by atoms with Crippen LogP contribution < -0.4 is 11.1 Å². The van der Waals surface area contributed by atoms with Crippen LogP contribution in [0.2, 0.25) is 0 Å². The highest BCUT2D eigenvalue weighted by molar-refractivity contribution is 9.10. The molecule has 5 heteroatoms. The Morgan fingerprint density at radius 1 is 1.56 bits per heavy atom. The maximum absolute atomic E-state index is 12.0. The standard InChI is InChI=1S/C13H17BrN2O2/c1-2-18-10-6-9(7-10)16-13(17)11-4-3-8(14)5-12(11)15/h3-5,9-10H,2,6-7,15H2,1H3,(H,16,17). The molecule has 0 atom stereocenters. The zero-order chi connectivity index (χ0) is 13.1. The molecule has 0 aromatic heterocycles. The summed E-state index contributed by atoms with van der Waals surface area (Å²) in [6, 6.07) is 5.48. The molecular weight excluding hydrogens is 296 g/mol. The number of anilines is 1. The summed E-state index contributed by atoms with van der Waals surface area (Å²) in [6.45, 7) is 2.71. The van der Waals surface area contributed by atoms with Crippen molar-refractivity contribution in [2.24, 2.45) is 0 Å². The monoisotopic (exact) mass is 312 g/mol. The number of hydrogen-bond acceptors (Lipinski definition) is 3.